The van der Waals surface area contributed by atoms with E-state index in [1.165, 1.54) is 23.7 Å². The van der Waals surface area contributed by atoms with Gasteiger partial charge in [-0.05, 0) is 38.1 Å². The molecular formula is C12H15BrClN3. The second-order valence-electron chi connectivity index (χ2n) is 4.24. The molecule has 3 nitrogen and oxygen atoms in total. The standard InChI is InChI=1S/C12H14BrN3.ClH/c13-11-2-1-3-12-10(11)8-15-16(12)9-4-6-14-7-5-9;/h1-3,8-9,14H,4-7H2;1H. The van der Waals surface area contributed by atoms with Crippen LogP contribution in [0.4, 0.5) is 0 Å². The zero-order chi connectivity index (χ0) is 11.0. The van der Waals surface area contributed by atoms with Crippen LogP contribution in [-0.2, 0) is 0 Å². The molecule has 3 rings (SSSR count). The van der Waals surface area contributed by atoms with Crippen molar-refractivity contribution in [1.29, 1.82) is 0 Å². The Bertz CT molecular complexity index is 505. The summed E-state index contributed by atoms with van der Waals surface area (Å²) in [5, 5.41) is 9.13. The van der Waals surface area contributed by atoms with Crippen LogP contribution >= 0.6 is 28.3 Å². The number of fused-ring (bicyclic) bond motifs is 1. The molecule has 92 valence electrons. The fraction of sp³-hybridized carbons (Fsp3) is 0.417. The lowest BCUT2D eigenvalue weighted by molar-refractivity contribution is 0.351. The van der Waals surface area contributed by atoms with E-state index in [1.807, 2.05) is 6.20 Å². The SMILES string of the molecule is Brc1cccc2c1cnn2C1CCNCC1.Cl. The zero-order valence-electron chi connectivity index (χ0n) is 9.40. The van der Waals surface area contributed by atoms with Gasteiger partial charge in [-0.15, -0.1) is 12.4 Å². The molecule has 1 N–H and O–H groups in total. The predicted octanol–water partition coefficient (Wildman–Crippen LogP) is 3.15. The van der Waals surface area contributed by atoms with Gasteiger partial charge in [0.2, 0.25) is 0 Å². The first-order valence-corrected chi connectivity index (χ1v) is 6.48. The first-order chi connectivity index (χ1) is 7.86. The lowest BCUT2D eigenvalue weighted by atomic mass is 10.1. The summed E-state index contributed by atoms with van der Waals surface area (Å²) in [4.78, 5) is 0. The highest BCUT2D eigenvalue weighted by Gasteiger charge is 2.17. The molecule has 0 aliphatic carbocycles. The Kier molecular flexibility index (Phi) is 4.07. The van der Waals surface area contributed by atoms with E-state index in [9.17, 15) is 0 Å². The Morgan fingerprint density at radius 1 is 1.29 bits per heavy atom. The van der Waals surface area contributed by atoms with Crippen molar-refractivity contribution in [3.8, 4) is 0 Å². The third kappa shape index (κ3) is 2.34. The van der Waals surface area contributed by atoms with Crippen LogP contribution in [0.15, 0.2) is 28.9 Å². The molecule has 0 spiro atoms. The summed E-state index contributed by atoms with van der Waals surface area (Å²) in [6, 6.07) is 6.84. The third-order valence-corrected chi connectivity index (χ3v) is 3.93. The molecule has 1 aromatic carbocycles. The summed E-state index contributed by atoms with van der Waals surface area (Å²) < 4.78 is 3.31. The molecule has 0 radical (unpaired) electrons. The molecule has 2 aromatic rings. The molecule has 0 bridgehead atoms. The van der Waals surface area contributed by atoms with Gasteiger partial charge in [0.1, 0.15) is 0 Å². The molecule has 1 fully saturated rings. The molecule has 1 aliphatic rings. The minimum Gasteiger partial charge on any atom is -0.317 e. The van der Waals surface area contributed by atoms with Crippen LogP contribution in [0.2, 0.25) is 0 Å². The van der Waals surface area contributed by atoms with E-state index in [2.05, 4.69) is 49.2 Å². The largest absolute Gasteiger partial charge is 0.317 e. The molecule has 17 heavy (non-hydrogen) atoms. The molecule has 1 aliphatic heterocycles. The zero-order valence-corrected chi connectivity index (χ0v) is 11.8. The molecule has 0 saturated carbocycles. The summed E-state index contributed by atoms with van der Waals surface area (Å²) in [5.74, 6) is 0. The molecule has 1 saturated heterocycles. The highest BCUT2D eigenvalue weighted by atomic mass is 79.9. The first-order valence-electron chi connectivity index (χ1n) is 5.69. The van der Waals surface area contributed by atoms with Crippen LogP contribution in [0.25, 0.3) is 10.9 Å². The molecule has 1 aromatic heterocycles. The van der Waals surface area contributed by atoms with Gasteiger partial charge in [-0.2, -0.15) is 5.10 Å². The van der Waals surface area contributed by atoms with E-state index in [0.717, 1.165) is 17.6 Å². The summed E-state index contributed by atoms with van der Waals surface area (Å²) >= 11 is 3.57. The maximum Gasteiger partial charge on any atom is 0.0697 e. The van der Waals surface area contributed by atoms with E-state index in [1.54, 1.807) is 0 Å². The van der Waals surface area contributed by atoms with Gasteiger partial charge in [0.25, 0.3) is 0 Å². The monoisotopic (exact) mass is 315 g/mol. The van der Waals surface area contributed by atoms with Crippen molar-refractivity contribution < 1.29 is 0 Å². The van der Waals surface area contributed by atoms with E-state index in [-0.39, 0.29) is 12.4 Å². The van der Waals surface area contributed by atoms with Crippen LogP contribution in [0, 0.1) is 0 Å². The Labute approximate surface area is 115 Å². The van der Waals surface area contributed by atoms with Gasteiger partial charge in [-0.1, -0.05) is 22.0 Å². The van der Waals surface area contributed by atoms with E-state index in [0.29, 0.717) is 6.04 Å². The van der Waals surface area contributed by atoms with E-state index < -0.39 is 0 Å². The number of hydrogen-bond donors (Lipinski definition) is 1. The highest BCUT2D eigenvalue weighted by molar-refractivity contribution is 9.10. The van der Waals surface area contributed by atoms with Gasteiger partial charge >= 0.3 is 0 Å². The summed E-state index contributed by atoms with van der Waals surface area (Å²) in [7, 11) is 0. The number of piperidine rings is 1. The fourth-order valence-corrected chi connectivity index (χ4v) is 2.84. The Morgan fingerprint density at radius 2 is 2.06 bits per heavy atom. The highest BCUT2D eigenvalue weighted by Crippen LogP contribution is 2.28. The maximum absolute atomic E-state index is 4.54. The second kappa shape index (κ2) is 5.38. The predicted molar refractivity (Wildman–Crippen MR) is 75.8 cm³/mol. The number of nitrogens with zero attached hydrogens (tertiary/aromatic N) is 2. The van der Waals surface area contributed by atoms with Gasteiger partial charge in [-0.3, -0.25) is 4.68 Å². The number of nitrogens with one attached hydrogen (secondary N) is 1. The fourth-order valence-electron chi connectivity index (χ4n) is 2.38. The summed E-state index contributed by atoms with van der Waals surface area (Å²) in [5.41, 5.74) is 1.24. The number of aromatic nitrogens is 2. The quantitative estimate of drug-likeness (QED) is 0.876. The Morgan fingerprint density at radius 3 is 2.82 bits per heavy atom. The Hall–Kier alpha value is -0.580. The molecule has 0 amide bonds. The van der Waals surface area contributed by atoms with Gasteiger partial charge < -0.3 is 5.32 Å². The van der Waals surface area contributed by atoms with Gasteiger partial charge in [0.15, 0.2) is 0 Å². The van der Waals surface area contributed by atoms with Crippen molar-refractivity contribution in [2.75, 3.05) is 13.1 Å². The van der Waals surface area contributed by atoms with Crippen molar-refractivity contribution in [1.82, 2.24) is 15.1 Å². The minimum absolute atomic E-state index is 0. The Balaban J connectivity index is 0.00000108. The minimum atomic E-state index is 0. The number of rotatable bonds is 1. The van der Waals surface area contributed by atoms with Gasteiger partial charge in [0.05, 0.1) is 17.8 Å². The van der Waals surface area contributed by atoms with Crippen LogP contribution < -0.4 is 5.32 Å². The summed E-state index contributed by atoms with van der Waals surface area (Å²) in [6.07, 6.45) is 4.30. The number of halogens is 2. The lowest BCUT2D eigenvalue weighted by Gasteiger charge is -2.23. The van der Waals surface area contributed by atoms with Crippen molar-refractivity contribution in [3.63, 3.8) is 0 Å². The van der Waals surface area contributed by atoms with Crippen LogP contribution in [0.5, 0.6) is 0 Å². The maximum atomic E-state index is 4.54. The average Bonchev–Trinajstić information content (AvgIpc) is 2.75. The van der Waals surface area contributed by atoms with Crippen LogP contribution in [0.3, 0.4) is 0 Å². The summed E-state index contributed by atoms with van der Waals surface area (Å²) in [6.45, 7) is 2.19. The molecule has 5 heteroatoms. The van der Waals surface area contributed by atoms with Crippen molar-refractivity contribution in [2.45, 2.75) is 18.9 Å². The molecule has 0 unspecified atom stereocenters. The second-order valence-corrected chi connectivity index (χ2v) is 5.10. The third-order valence-electron chi connectivity index (χ3n) is 3.24. The van der Waals surface area contributed by atoms with Crippen molar-refractivity contribution >= 4 is 39.2 Å². The number of hydrogen-bond acceptors (Lipinski definition) is 2. The van der Waals surface area contributed by atoms with Gasteiger partial charge in [0, 0.05) is 9.86 Å². The van der Waals surface area contributed by atoms with E-state index in [4.69, 9.17) is 0 Å². The number of benzene rings is 1. The molecule has 0 atom stereocenters. The topological polar surface area (TPSA) is 29.9 Å². The van der Waals surface area contributed by atoms with E-state index >= 15 is 0 Å². The lowest BCUT2D eigenvalue weighted by Crippen LogP contribution is -2.29. The first kappa shape index (κ1) is 12.9. The molecule has 2 heterocycles. The van der Waals surface area contributed by atoms with Crippen LogP contribution in [-0.4, -0.2) is 22.9 Å². The van der Waals surface area contributed by atoms with Crippen LogP contribution in [0.1, 0.15) is 18.9 Å². The smallest absolute Gasteiger partial charge is 0.0697 e. The molecular weight excluding hydrogens is 302 g/mol. The van der Waals surface area contributed by atoms with Gasteiger partial charge in [-0.25, -0.2) is 0 Å². The normalized spacial score (nSPS) is 17.0. The van der Waals surface area contributed by atoms with Crippen molar-refractivity contribution in [2.24, 2.45) is 0 Å². The van der Waals surface area contributed by atoms with Crippen molar-refractivity contribution in [3.05, 3.63) is 28.9 Å². The average molecular weight is 317 g/mol.